The number of aromatic nitrogens is 2. The molecular weight excluding hydrogens is 350 g/mol. The number of pyridine rings is 1. The average Bonchev–Trinajstić information content (AvgIpc) is 3.12. The van der Waals surface area contributed by atoms with Gasteiger partial charge >= 0.3 is 6.09 Å². The van der Waals surface area contributed by atoms with E-state index in [1.54, 1.807) is 0 Å². The Kier molecular flexibility index (Phi) is 5.60. The SMILES string of the molecule is CCOC(=O)N1CCC(c2cn(CCc3ccccn3)c3ccccc23)CC1. The molecule has 5 nitrogen and oxygen atoms in total. The summed E-state index contributed by atoms with van der Waals surface area (Å²) in [5.74, 6) is 0.478. The molecule has 1 aliphatic heterocycles. The quantitative estimate of drug-likeness (QED) is 0.652. The van der Waals surface area contributed by atoms with Gasteiger partial charge in [-0.2, -0.15) is 0 Å². The van der Waals surface area contributed by atoms with Crippen molar-refractivity contribution in [3.05, 3.63) is 66.1 Å². The molecule has 1 saturated heterocycles. The number of fused-ring (bicyclic) bond motifs is 1. The Morgan fingerprint density at radius 2 is 1.93 bits per heavy atom. The van der Waals surface area contributed by atoms with E-state index < -0.39 is 0 Å². The van der Waals surface area contributed by atoms with Crippen LogP contribution in [0.3, 0.4) is 0 Å². The molecule has 3 heterocycles. The zero-order valence-corrected chi connectivity index (χ0v) is 16.4. The number of carbonyl (C=O) groups excluding carboxylic acids is 1. The summed E-state index contributed by atoms with van der Waals surface area (Å²) in [4.78, 5) is 18.3. The molecule has 5 heteroatoms. The Hall–Kier alpha value is -2.82. The minimum Gasteiger partial charge on any atom is -0.450 e. The molecule has 1 aliphatic rings. The summed E-state index contributed by atoms with van der Waals surface area (Å²) in [6.07, 6.45) is 6.86. The number of benzene rings is 1. The molecule has 28 heavy (non-hydrogen) atoms. The van der Waals surface area contributed by atoms with E-state index in [-0.39, 0.29) is 6.09 Å². The van der Waals surface area contributed by atoms with Gasteiger partial charge in [0, 0.05) is 55.0 Å². The summed E-state index contributed by atoms with van der Waals surface area (Å²) in [6.45, 7) is 4.72. The van der Waals surface area contributed by atoms with Crippen molar-refractivity contribution in [2.45, 2.75) is 38.6 Å². The third kappa shape index (κ3) is 3.88. The summed E-state index contributed by atoms with van der Waals surface area (Å²) >= 11 is 0. The maximum atomic E-state index is 12.0. The maximum absolute atomic E-state index is 12.0. The van der Waals surface area contributed by atoms with Gasteiger partial charge in [0.25, 0.3) is 0 Å². The van der Waals surface area contributed by atoms with E-state index in [0.717, 1.165) is 44.6 Å². The van der Waals surface area contributed by atoms with E-state index in [2.05, 4.69) is 46.1 Å². The van der Waals surface area contributed by atoms with Crippen LogP contribution in [0, 0.1) is 0 Å². The summed E-state index contributed by atoms with van der Waals surface area (Å²) in [6, 6.07) is 14.7. The first-order valence-corrected chi connectivity index (χ1v) is 10.2. The number of piperidine rings is 1. The van der Waals surface area contributed by atoms with Crippen LogP contribution in [0.2, 0.25) is 0 Å². The monoisotopic (exact) mass is 377 g/mol. The van der Waals surface area contributed by atoms with E-state index in [0.29, 0.717) is 12.5 Å². The molecule has 0 saturated carbocycles. The second-order valence-corrected chi connectivity index (χ2v) is 7.33. The van der Waals surface area contributed by atoms with Crippen LogP contribution >= 0.6 is 0 Å². The van der Waals surface area contributed by atoms with Crippen molar-refractivity contribution in [3.63, 3.8) is 0 Å². The van der Waals surface area contributed by atoms with Gasteiger partial charge in [0.2, 0.25) is 0 Å². The Morgan fingerprint density at radius 1 is 1.14 bits per heavy atom. The summed E-state index contributed by atoms with van der Waals surface area (Å²) < 4.78 is 7.51. The number of rotatable bonds is 5. The van der Waals surface area contributed by atoms with Crippen LogP contribution in [0.1, 0.15) is 36.9 Å². The van der Waals surface area contributed by atoms with Crippen molar-refractivity contribution in [3.8, 4) is 0 Å². The normalized spacial score (nSPS) is 15.1. The second kappa shape index (κ2) is 8.46. The lowest BCUT2D eigenvalue weighted by molar-refractivity contribution is 0.0971. The van der Waals surface area contributed by atoms with Crippen LogP contribution in [0.15, 0.2) is 54.9 Å². The van der Waals surface area contributed by atoms with Gasteiger partial charge in [-0.1, -0.05) is 24.3 Å². The maximum Gasteiger partial charge on any atom is 0.409 e. The number of nitrogens with zero attached hydrogens (tertiary/aromatic N) is 3. The Labute approximate surface area is 165 Å². The standard InChI is InChI=1S/C23H27N3O2/c1-2-28-23(27)25-14-10-18(11-15-25)21-17-26(22-9-4-3-8-20(21)22)16-12-19-7-5-6-13-24-19/h3-9,13,17-18H,2,10-12,14-16H2,1H3. The van der Waals surface area contributed by atoms with Crippen molar-refractivity contribution in [1.82, 2.24) is 14.5 Å². The van der Waals surface area contributed by atoms with Crippen LogP contribution in [-0.2, 0) is 17.7 Å². The zero-order chi connectivity index (χ0) is 19.3. The highest BCUT2D eigenvalue weighted by atomic mass is 16.6. The minimum absolute atomic E-state index is 0.182. The second-order valence-electron chi connectivity index (χ2n) is 7.33. The van der Waals surface area contributed by atoms with Crippen molar-refractivity contribution in [2.24, 2.45) is 0 Å². The number of hydrogen-bond donors (Lipinski definition) is 0. The molecule has 0 spiro atoms. The topological polar surface area (TPSA) is 47.4 Å². The fraction of sp³-hybridized carbons (Fsp3) is 0.391. The molecule has 1 aromatic carbocycles. The van der Waals surface area contributed by atoms with Gasteiger partial charge in [-0.15, -0.1) is 0 Å². The first-order chi connectivity index (χ1) is 13.8. The number of amides is 1. The Morgan fingerprint density at radius 3 is 2.68 bits per heavy atom. The average molecular weight is 377 g/mol. The van der Waals surface area contributed by atoms with Crippen molar-refractivity contribution in [1.29, 1.82) is 0 Å². The molecule has 1 amide bonds. The van der Waals surface area contributed by atoms with Crippen molar-refractivity contribution >= 4 is 17.0 Å². The molecule has 0 atom stereocenters. The number of para-hydroxylation sites is 1. The summed E-state index contributed by atoms with van der Waals surface area (Å²) in [5.41, 5.74) is 3.80. The van der Waals surface area contributed by atoms with Gasteiger partial charge in [-0.3, -0.25) is 4.98 Å². The van der Waals surface area contributed by atoms with Gasteiger partial charge < -0.3 is 14.2 Å². The highest BCUT2D eigenvalue weighted by Gasteiger charge is 2.26. The zero-order valence-electron chi connectivity index (χ0n) is 16.4. The molecule has 1 fully saturated rings. The van der Waals surface area contributed by atoms with Gasteiger partial charge in [0.15, 0.2) is 0 Å². The first kappa shape index (κ1) is 18.5. The third-order valence-corrected chi connectivity index (χ3v) is 5.62. The molecule has 146 valence electrons. The molecule has 2 aromatic heterocycles. The highest BCUT2D eigenvalue weighted by Crippen LogP contribution is 2.34. The number of hydrogen-bond acceptors (Lipinski definition) is 3. The van der Waals surface area contributed by atoms with Crippen LogP contribution in [0.25, 0.3) is 10.9 Å². The van der Waals surface area contributed by atoms with Crippen LogP contribution < -0.4 is 0 Å². The predicted molar refractivity (Wildman–Crippen MR) is 110 cm³/mol. The van der Waals surface area contributed by atoms with E-state index in [4.69, 9.17) is 4.74 Å². The number of ether oxygens (including phenoxy) is 1. The van der Waals surface area contributed by atoms with Crippen molar-refractivity contribution < 1.29 is 9.53 Å². The van der Waals surface area contributed by atoms with Crippen LogP contribution in [0.4, 0.5) is 4.79 Å². The molecule has 0 N–H and O–H groups in total. The van der Waals surface area contributed by atoms with Gasteiger partial charge in [-0.25, -0.2) is 4.79 Å². The lowest BCUT2D eigenvalue weighted by Gasteiger charge is -2.31. The first-order valence-electron chi connectivity index (χ1n) is 10.2. The fourth-order valence-corrected chi connectivity index (χ4v) is 4.15. The van der Waals surface area contributed by atoms with E-state index in [1.807, 2.05) is 30.2 Å². The molecule has 0 bridgehead atoms. The molecular formula is C23H27N3O2. The van der Waals surface area contributed by atoms with Crippen LogP contribution in [-0.4, -0.2) is 40.2 Å². The van der Waals surface area contributed by atoms with Gasteiger partial charge in [-0.05, 0) is 49.4 Å². The predicted octanol–water partition coefficient (Wildman–Crippen LogP) is 4.61. The summed E-state index contributed by atoms with van der Waals surface area (Å²) in [7, 11) is 0. The van der Waals surface area contributed by atoms with Gasteiger partial charge in [0.1, 0.15) is 0 Å². The largest absolute Gasteiger partial charge is 0.450 e. The minimum atomic E-state index is -0.182. The van der Waals surface area contributed by atoms with E-state index >= 15 is 0 Å². The molecule has 0 radical (unpaired) electrons. The highest BCUT2D eigenvalue weighted by molar-refractivity contribution is 5.84. The molecule has 0 aliphatic carbocycles. The Bertz CT molecular complexity index is 927. The number of likely N-dealkylation sites (tertiary alicyclic amines) is 1. The molecule has 4 rings (SSSR count). The van der Waals surface area contributed by atoms with Gasteiger partial charge in [0.05, 0.1) is 6.61 Å². The lowest BCUT2D eigenvalue weighted by Crippen LogP contribution is -2.38. The number of aryl methyl sites for hydroxylation is 2. The lowest BCUT2D eigenvalue weighted by atomic mass is 9.89. The van der Waals surface area contributed by atoms with Crippen LogP contribution in [0.5, 0.6) is 0 Å². The number of carbonyl (C=O) groups is 1. The third-order valence-electron chi connectivity index (χ3n) is 5.62. The summed E-state index contributed by atoms with van der Waals surface area (Å²) in [5, 5.41) is 1.33. The molecule has 3 aromatic rings. The molecule has 0 unspecified atom stereocenters. The van der Waals surface area contributed by atoms with Crippen molar-refractivity contribution in [2.75, 3.05) is 19.7 Å². The van der Waals surface area contributed by atoms with E-state index in [9.17, 15) is 4.79 Å². The smallest absolute Gasteiger partial charge is 0.409 e. The van der Waals surface area contributed by atoms with E-state index in [1.165, 1.54) is 16.5 Å². The fourth-order valence-electron chi connectivity index (χ4n) is 4.15. The Balaban J connectivity index is 1.51.